The third-order valence-electron chi connectivity index (χ3n) is 8.84. The number of anilines is 2. The summed E-state index contributed by atoms with van der Waals surface area (Å²) >= 11 is 19.8. The van der Waals surface area contributed by atoms with Crippen LogP contribution in [0.5, 0.6) is 0 Å². The average Bonchev–Trinajstić information content (AvgIpc) is 3.44. The van der Waals surface area contributed by atoms with Crippen LogP contribution < -0.4 is 10.6 Å². The maximum absolute atomic E-state index is 9.25. The van der Waals surface area contributed by atoms with Gasteiger partial charge in [0.05, 0.1) is 19.0 Å². The summed E-state index contributed by atoms with van der Waals surface area (Å²) in [5.41, 5.74) is 2.59. The Kier molecular flexibility index (Phi) is 8.12. The lowest BCUT2D eigenvalue weighted by Gasteiger charge is -2.37. The highest BCUT2D eigenvalue weighted by Crippen LogP contribution is 2.52. The number of fused-ring (bicyclic) bond motifs is 4. The summed E-state index contributed by atoms with van der Waals surface area (Å²) in [5.74, 6) is 2.79. The second-order valence-corrected chi connectivity index (χ2v) is 13.3. The van der Waals surface area contributed by atoms with Crippen molar-refractivity contribution in [3.63, 3.8) is 0 Å². The van der Waals surface area contributed by atoms with Crippen LogP contribution in [-0.4, -0.2) is 46.5 Å². The van der Waals surface area contributed by atoms with E-state index in [1.54, 1.807) is 12.4 Å². The standard InChI is InChI=1S/2C13H16BrClN2O/c2*14-9-5-16-12-10(11(9)15)13(7-17-12)3-1-8(6-18)2-4-13/h2*5,8,18H,1-4,6-7H2,(H,16,17). The fourth-order valence-corrected chi connectivity index (χ4v) is 7.81. The van der Waals surface area contributed by atoms with Crippen molar-refractivity contribution in [1.29, 1.82) is 0 Å². The van der Waals surface area contributed by atoms with Crippen molar-refractivity contribution < 1.29 is 10.2 Å². The van der Waals surface area contributed by atoms with Gasteiger partial charge in [-0.05, 0) is 95.1 Å². The minimum Gasteiger partial charge on any atom is -0.396 e. The van der Waals surface area contributed by atoms with Crippen LogP contribution in [0.2, 0.25) is 10.0 Å². The number of aliphatic hydroxyl groups is 2. The molecule has 0 saturated heterocycles. The monoisotopic (exact) mass is 660 g/mol. The zero-order chi connectivity index (χ0) is 25.5. The second-order valence-electron chi connectivity index (χ2n) is 10.8. The van der Waals surface area contributed by atoms with Gasteiger partial charge in [0.1, 0.15) is 11.6 Å². The lowest BCUT2D eigenvalue weighted by atomic mass is 9.68. The summed E-state index contributed by atoms with van der Waals surface area (Å²) < 4.78 is 1.74. The molecular formula is C26H32Br2Cl2N4O2. The predicted molar refractivity (Wildman–Crippen MR) is 152 cm³/mol. The molecule has 0 amide bonds. The number of hydrogen-bond donors (Lipinski definition) is 4. The molecule has 4 heterocycles. The molecule has 6 nitrogen and oxygen atoms in total. The highest BCUT2D eigenvalue weighted by molar-refractivity contribution is 9.10. The van der Waals surface area contributed by atoms with E-state index in [2.05, 4.69) is 52.5 Å². The Morgan fingerprint density at radius 3 is 1.44 bits per heavy atom. The van der Waals surface area contributed by atoms with E-state index in [4.69, 9.17) is 23.2 Å². The predicted octanol–water partition coefficient (Wildman–Crippen LogP) is 6.69. The molecule has 4 N–H and O–H groups in total. The van der Waals surface area contributed by atoms with E-state index >= 15 is 0 Å². The molecule has 10 heteroatoms. The van der Waals surface area contributed by atoms with Crippen LogP contribution in [0.4, 0.5) is 11.6 Å². The minimum absolute atomic E-state index is 0.120. The number of pyridine rings is 2. The molecule has 0 bridgehead atoms. The number of rotatable bonds is 2. The summed E-state index contributed by atoms with van der Waals surface area (Å²) in [7, 11) is 0. The molecule has 0 unspecified atom stereocenters. The van der Waals surface area contributed by atoms with Crippen LogP contribution in [0.15, 0.2) is 21.3 Å². The molecule has 2 aliphatic heterocycles. The first kappa shape index (κ1) is 26.9. The molecule has 4 aliphatic rings. The number of halogens is 4. The molecule has 2 fully saturated rings. The van der Waals surface area contributed by atoms with Gasteiger partial charge in [-0.25, -0.2) is 9.97 Å². The van der Waals surface area contributed by atoms with Crippen LogP contribution in [-0.2, 0) is 10.8 Å². The normalized spacial score (nSPS) is 30.3. The van der Waals surface area contributed by atoms with E-state index in [9.17, 15) is 10.2 Å². The van der Waals surface area contributed by atoms with Crippen LogP contribution in [0.3, 0.4) is 0 Å². The lowest BCUT2D eigenvalue weighted by molar-refractivity contribution is 0.157. The summed E-state index contributed by atoms with van der Waals surface area (Å²) in [6, 6.07) is 0. The van der Waals surface area contributed by atoms with Crippen LogP contribution in [0.25, 0.3) is 0 Å². The quantitative estimate of drug-likeness (QED) is 0.287. The average molecular weight is 663 g/mol. The van der Waals surface area contributed by atoms with E-state index in [0.717, 1.165) is 95.1 Å². The maximum Gasteiger partial charge on any atom is 0.131 e. The Morgan fingerprint density at radius 2 is 1.11 bits per heavy atom. The molecular weight excluding hydrogens is 631 g/mol. The van der Waals surface area contributed by atoms with Crippen molar-refractivity contribution in [2.45, 2.75) is 62.2 Å². The highest BCUT2D eigenvalue weighted by Gasteiger charge is 2.45. The summed E-state index contributed by atoms with van der Waals surface area (Å²) in [5, 5.41) is 26.9. The van der Waals surface area contributed by atoms with Crippen molar-refractivity contribution in [2.75, 3.05) is 36.9 Å². The number of nitrogens with zero attached hydrogens (tertiary/aromatic N) is 2. The molecule has 2 spiro atoms. The van der Waals surface area contributed by atoms with Gasteiger partial charge in [-0.15, -0.1) is 0 Å². The highest BCUT2D eigenvalue weighted by atomic mass is 79.9. The fraction of sp³-hybridized carbons (Fsp3) is 0.615. The van der Waals surface area contributed by atoms with Gasteiger partial charge in [0.25, 0.3) is 0 Å². The smallest absolute Gasteiger partial charge is 0.131 e. The van der Waals surface area contributed by atoms with E-state index < -0.39 is 0 Å². The summed E-state index contributed by atoms with van der Waals surface area (Å²) in [4.78, 5) is 8.83. The SMILES string of the molecule is OCC1CCC2(CC1)CNc1ncc(Br)c(Cl)c12.OCC1CCC2(CC1)CNc1ncc(Br)c(Cl)c12. The van der Waals surface area contributed by atoms with Gasteiger partial charge in [-0.1, -0.05) is 23.2 Å². The van der Waals surface area contributed by atoms with Crippen molar-refractivity contribution in [3.05, 3.63) is 42.5 Å². The third kappa shape index (κ3) is 4.79. The number of nitrogens with one attached hydrogen (secondary N) is 2. The molecule has 0 aromatic carbocycles. The van der Waals surface area contributed by atoms with Gasteiger partial charge in [0.15, 0.2) is 0 Å². The maximum atomic E-state index is 9.25. The van der Waals surface area contributed by atoms with E-state index in [1.807, 2.05) is 0 Å². The van der Waals surface area contributed by atoms with Gasteiger partial charge in [0.2, 0.25) is 0 Å². The molecule has 2 aliphatic carbocycles. The van der Waals surface area contributed by atoms with Crippen molar-refractivity contribution in [2.24, 2.45) is 11.8 Å². The molecule has 2 saturated carbocycles. The van der Waals surface area contributed by atoms with E-state index in [1.165, 1.54) is 11.1 Å². The molecule has 0 atom stereocenters. The topological polar surface area (TPSA) is 90.3 Å². The Bertz CT molecular complexity index is 1030. The van der Waals surface area contributed by atoms with Crippen LogP contribution in [0.1, 0.15) is 62.5 Å². The molecule has 36 heavy (non-hydrogen) atoms. The third-order valence-corrected chi connectivity index (χ3v) is 11.3. The van der Waals surface area contributed by atoms with Crippen LogP contribution >= 0.6 is 55.1 Å². The second kappa shape index (κ2) is 10.9. The lowest BCUT2D eigenvalue weighted by Crippen LogP contribution is -2.34. The molecule has 2 aromatic rings. The molecule has 0 radical (unpaired) electrons. The van der Waals surface area contributed by atoms with Gasteiger partial charge in [-0.2, -0.15) is 0 Å². The van der Waals surface area contributed by atoms with Gasteiger partial charge >= 0.3 is 0 Å². The Labute approximate surface area is 239 Å². The Balaban J connectivity index is 0.000000148. The first-order valence-corrected chi connectivity index (χ1v) is 15.0. The molecule has 6 rings (SSSR count). The van der Waals surface area contributed by atoms with Crippen molar-refractivity contribution in [3.8, 4) is 0 Å². The largest absolute Gasteiger partial charge is 0.396 e. The summed E-state index contributed by atoms with van der Waals surface area (Å²) in [6.07, 6.45) is 12.1. The zero-order valence-corrected chi connectivity index (χ0v) is 24.8. The minimum atomic E-state index is 0.120. The number of aliphatic hydroxyl groups excluding tert-OH is 2. The van der Waals surface area contributed by atoms with Crippen molar-refractivity contribution in [1.82, 2.24) is 9.97 Å². The fourth-order valence-electron chi connectivity index (χ4n) is 6.53. The first-order chi connectivity index (χ1) is 17.3. The van der Waals surface area contributed by atoms with Gasteiger partial charge < -0.3 is 20.8 Å². The number of aromatic nitrogens is 2. The Hall–Kier alpha value is -0.640. The van der Waals surface area contributed by atoms with Crippen molar-refractivity contribution >= 4 is 66.7 Å². The number of hydrogen-bond acceptors (Lipinski definition) is 6. The van der Waals surface area contributed by atoms with E-state index in [-0.39, 0.29) is 10.8 Å². The summed E-state index contributed by atoms with van der Waals surface area (Å²) in [6.45, 7) is 2.45. The first-order valence-electron chi connectivity index (χ1n) is 12.7. The molecule has 196 valence electrons. The van der Waals surface area contributed by atoms with Gasteiger partial charge in [0, 0.05) is 60.7 Å². The molecule has 2 aromatic heterocycles. The Morgan fingerprint density at radius 1 is 0.750 bits per heavy atom. The van der Waals surface area contributed by atoms with Crippen LogP contribution in [0, 0.1) is 11.8 Å². The van der Waals surface area contributed by atoms with Gasteiger partial charge in [-0.3, -0.25) is 0 Å². The van der Waals surface area contributed by atoms with E-state index in [0.29, 0.717) is 25.0 Å². The zero-order valence-electron chi connectivity index (χ0n) is 20.1.